The number of benzene rings is 1. The molecule has 3 heteroatoms. The minimum absolute atomic E-state index is 0.459. The first kappa shape index (κ1) is 11.4. The molecule has 1 N–H and O–H groups in total. The van der Waals surface area contributed by atoms with Crippen molar-refractivity contribution in [3.05, 3.63) is 60.2 Å². The average Bonchev–Trinajstić information content (AvgIpc) is 3.26. The Hall–Kier alpha value is -1.74. The monoisotopic (exact) mass is 239 g/mol. The van der Waals surface area contributed by atoms with Gasteiger partial charge in [0.2, 0.25) is 0 Å². The maximum Gasteiger partial charge on any atom is 0.115 e. The van der Waals surface area contributed by atoms with Crippen LogP contribution in [0.4, 0.5) is 0 Å². The number of aromatic nitrogens is 2. The van der Waals surface area contributed by atoms with Crippen LogP contribution in [0.5, 0.6) is 0 Å². The fourth-order valence-electron chi connectivity index (χ4n) is 2.28. The molecule has 1 aliphatic rings. The molecule has 0 spiro atoms. The van der Waals surface area contributed by atoms with Crippen molar-refractivity contribution in [1.29, 1.82) is 0 Å². The van der Waals surface area contributed by atoms with E-state index in [1.54, 1.807) is 12.5 Å². The van der Waals surface area contributed by atoms with Crippen LogP contribution in [0.2, 0.25) is 0 Å². The van der Waals surface area contributed by atoms with Crippen molar-refractivity contribution in [2.45, 2.75) is 25.4 Å². The summed E-state index contributed by atoms with van der Waals surface area (Å²) in [6.07, 6.45) is 6.05. The Balaban J connectivity index is 1.68. The average molecular weight is 239 g/mol. The first-order valence-electron chi connectivity index (χ1n) is 6.47. The van der Waals surface area contributed by atoms with Crippen molar-refractivity contribution in [3.63, 3.8) is 0 Å². The molecule has 1 aromatic carbocycles. The minimum atomic E-state index is 0.459. The standard InChI is InChI=1S/C15H17N3/c1-2-4-12(5-3-1)15(13-6-7-13)17-10-14-8-9-16-11-18-14/h1-5,8-9,11,13,15,17H,6-7,10H2. The van der Waals surface area contributed by atoms with Crippen molar-refractivity contribution in [2.75, 3.05) is 0 Å². The number of nitrogens with zero attached hydrogens (tertiary/aromatic N) is 2. The highest BCUT2D eigenvalue weighted by molar-refractivity contribution is 5.21. The molecule has 1 fully saturated rings. The van der Waals surface area contributed by atoms with Crippen LogP contribution >= 0.6 is 0 Å². The van der Waals surface area contributed by atoms with Gasteiger partial charge >= 0.3 is 0 Å². The van der Waals surface area contributed by atoms with Gasteiger partial charge in [-0.15, -0.1) is 0 Å². The molecule has 2 aromatic rings. The van der Waals surface area contributed by atoms with E-state index in [9.17, 15) is 0 Å². The molecule has 1 aromatic heterocycles. The van der Waals surface area contributed by atoms with Crippen LogP contribution in [0.15, 0.2) is 48.9 Å². The molecule has 92 valence electrons. The van der Waals surface area contributed by atoms with Gasteiger partial charge < -0.3 is 5.32 Å². The zero-order chi connectivity index (χ0) is 12.2. The van der Waals surface area contributed by atoms with Crippen molar-refractivity contribution in [3.8, 4) is 0 Å². The largest absolute Gasteiger partial charge is 0.304 e. The number of nitrogens with one attached hydrogen (secondary N) is 1. The lowest BCUT2D eigenvalue weighted by molar-refractivity contribution is 0.476. The van der Waals surface area contributed by atoms with Gasteiger partial charge in [-0.05, 0) is 30.4 Å². The van der Waals surface area contributed by atoms with Crippen LogP contribution in [0.1, 0.15) is 30.1 Å². The summed E-state index contributed by atoms with van der Waals surface area (Å²) in [5.41, 5.74) is 2.43. The summed E-state index contributed by atoms with van der Waals surface area (Å²) in [6, 6.07) is 13.1. The van der Waals surface area contributed by atoms with Crippen LogP contribution in [-0.2, 0) is 6.54 Å². The summed E-state index contributed by atoms with van der Waals surface area (Å²) in [6.45, 7) is 0.804. The summed E-state index contributed by atoms with van der Waals surface area (Å²) in [5.74, 6) is 0.786. The van der Waals surface area contributed by atoms with Gasteiger partial charge in [-0.3, -0.25) is 0 Å². The third-order valence-corrected chi connectivity index (χ3v) is 3.40. The fourth-order valence-corrected chi connectivity index (χ4v) is 2.28. The van der Waals surface area contributed by atoms with Gasteiger partial charge in [-0.1, -0.05) is 30.3 Å². The predicted molar refractivity (Wildman–Crippen MR) is 70.8 cm³/mol. The van der Waals surface area contributed by atoms with E-state index >= 15 is 0 Å². The summed E-state index contributed by atoms with van der Waals surface area (Å²) in [4.78, 5) is 8.19. The quantitative estimate of drug-likeness (QED) is 0.871. The second kappa shape index (κ2) is 5.27. The van der Waals surface area contributed by atoms with Crippen LogP contribution in [0.25, 0.3) is 0 Å². The summed E-state index contributed by atoms with van der Waals surface area (Å²) in [7, 11) is 0. The van der Waals surface area contributed by atoms with Crippen LogP contribution in [0.3, 0.4) is 0 Å². The van der Waals surface area contributed by atoms with Crippen LogP contribution < -0.4 is 5.32 Å². The Morgan fingerprint density at radius 1 is 1.17 bits per heavy atom. The molecule has 0 saturated heterocycles. The Morgan fingerprint density at radius 2 is 2.00 bits per heavy atom. The molecule has 1 unspecified atom stereocenters. The molecule has 0 amide bonds. The van der Waals surface area contributed by atoms with E-state index in [0.29, 0.717) is 6.04 Å². The van der Waals surface area contributed by atoms with Gasteiger partial charge in [0.05, 0.1) is 5.69 Å². The Kier molecular flexibility index (Phi) is 3.33. The van der Waals surface area contributed by atoms with E-state index in [2.05, 4.69) is 45.6 Å². The molecular weight excluding hydrogens is 222 g/mol. The molecular formula is C15H17N3. The maximum absolute atomic E-state index is 4.25. The minimum Gasteiger partial charge on any atom is -0.304 e. The molecule has 1 heterocycles. The van der Waals surface area contributed by atoms with Crippen molar-refractivity contribution in [2.24, 2.45) is 5.92 Å². The van der Waals surface area contributed by atoms with Crippen molar-refractivity contribution < 1.29 is 0 Å². The third kappa shape index (κ3) is 2.74. The van der Waals surface area contributed by atoms with Gasteiger partial charge in [0.1, 0.15) is 6.33 Å². The fraction of sp³-hybridized carbons (Fsp3) is 0.333. The lowest BCUT2D eigenvalue weighted by Crippen LogP contribution is -2.23. The molecule has 3 nitrogen and oxygen atoms in total. The number of rotatable bonds is 5. The van der Waals surface area contributed by atoms with E-state index in [0.717, 1.165) is 18.2 Å². The van der Waals surface area contributed by atoms with Gasteiger partial charge in [-0.25, -0.2) is 9.97 Å². The zero-order valence-electron chi connectivity index (χ0n) is 10.3. The normalized spacial score (nSPS) is 16.4. The summed E-state index contributed by atoms with van der Waals surface area (Å²) >= 11 is 0. The zero-order valence-corrected chi connectivity index (χ0v) is 10.3. The third-order valence-electron chi connectivity index (χ3n) is 3.40. The van der Waals surface area contributed by atoms with E-state index < -0.39 is 0 Å². The molecule has 0 aliphatic heterocycles. The molecule has 0 radical (unpaired) electrons. The van der Waals surface area contributed by atoms with Crippen molar-refractivity contribution in [1.82, 2.24) is 15.3 Å². The second-order valence-electron chi connectivity index (χ2n) is 4.81. The lowest BCUT2D eigenvalue weighted by atomic mass is 10.0. The number of hydrogen-bond donors (Lipinski definition) is 1. The molecule has 1 atom stereocenters. The Bertz CT molecular complexity index is 480. The highest BCUT2D eigenvalue weighted by Crippen LogP contribution is 2.40. The van der Waals surface area contributed by atoms with Gasteiger partial charge in [0, 0.05) is 18.8 Å². The maximum atomic E-state index is 4.25. The topological polar surface area (TPSA) is 37.8 Å². The lowest BCUT2D eigenvalue weighted by Gasteiger charge is -2.18. The number of hydrogen-bond acceptors (Lipinski definition) is 3. The van der Waals surface area contributed by atoms with Gasteiger partial charge in [0.15, 0.2) is 0 Å². The van der Waals surface area contributed by atoms with E-state index in [1.165, 1.54) is 18.4 Å². The van der Waals surface area contributed by atoms with Gasteiger partial charge in [-0.2, -0.15) is 0 Å². The summed E-state index contributed by atoms with van der Waals surface area (Å²) < 4.78 is 0. The predicted octanol–water partition coefficient (Wildman–Crippen LogP) is 2.72. The molecule has 1 aliphatic carbocycles. The van der Waals surface area contributed by atoms with Crippen molar-refractivity contribution >= 4 is 0 Å². The second-order valence-corrected chi connectivity index (χ2v) is 4.81. The van der Waals surface area contributed by atoms with E-state index in [4.69, 9.17) is 0 Å². The first-order chi connectivity index (χ1) is 8.93. The molecule has 0 bridgehead atoms. The Labute approximate surface area is 107 Å². The van der Waals surface area contributed by atoms with Gasteiger partial charge in [0.25, 0.3) is 0 Å². The van der Waals surface area contributed by atoms with E-state index in [1.807, 2.05) is 6.07 Å². The first-order valence-corrected chi connectivity index (χ1v) is 6.47. The highest BCUT2D eigenvalue weighted by atomic mass is 15.0. The molecule has 1 saturated carbocycles. The molecule has 18 heavy (non-hydrogen) atoms. The van der Waals surface area contributed by atoms with Crippen LogP contribution in [-0.4, -0.2) is 9.97 Å². The van der Waals surface area contributed by atoms with E-state index in [-0.39, 0.29) is 0 Å². The highest BCUT2D eigenvalue weighted by Gasteiger charge is 2.31. The summed E-state index contributed by atoms with van der Waals surface area (Å²) in [5, 5.41) is 3.62. The SMILES string of the molecule is c1ccc(C(NCc2ccncn2)C2CC2)cc1. The molecule has 3 rings (SSSR count). The Morgan fingerprint density at radius 3 is 2.67 bits per heavy atom. The smallest absolute Gasteiger partial charge is 0.115 e. The van der Waals surface area contributed by atoms with Crippen LogP contribution in [0, 0.1) is 5.92 Å².